The molecule has 1 aliphatic heterocycles. The number of rotatable bonds is 5. The van der Waals surface area contributed by atoms with Gasteiger partial charge in [-0.2, -0.15) is 0 Å². The van der Waals surface area contributed by atoms with Gasteiger partial charge in [-0.05, 0) is 61.7 Å². The molecule has 0 saturated heterocycles. The summed E-state index contributed by atoms with van der Waals surface area (Å²) in [4.78, 5) is 40.7. The fraction of sp³-hybridized carbons (Fsp3) is 0.318. The van der Waals surface area contributed by atoms with Crippen LogP contribution in [0, 0.1) is 13.8 Å². The van der Waals surface area contributed by atoms with E-state index in [1.165, 1.54) is 9.80 Å². The zero-order valence-electron chi connectivity index (χ0n) is 16.7. The Hall–Kier alpha value is -2.86. The Morgan fingerprint density at radius 1 is 1.07 bits per heavy atom. The summed E-state index contributed by atoms with van der Waals surface area (Å²) in [5.74, 6) is -0.995. The highest BCUT2D eigenvalue weighted by Gasteiger charge is 2.34. The molecule has 0 saturated carbocycles. The molecule has 0 spiro atoms. The van der Waals surface area contributed by atoms with E-state index in [9.17, 15) is 14.4 Å². The largest absolute Gasteiger partial charge is 0.465 e. The van der Waals surface area contributed by atoms with Gasteiger partial charge in [0.05, 0.1) is 24.4 Å². The Morgan fingerprint density at radius 2 is 1.69 bits per heavy atom. The molecule has 0 N–H and O–H groups in total. The third kappa shape index (κ3) is 4.59. The lowest BCUT2D eigenvalue weighted by atomic mass is 10.0. The van der Waals surface area contributed by atoms with Crippen molar-refractivity contribution in [3.8, 4) is 0 Å². The number of benzene rings is 2. The smallest absolute Gasteiger partial charge is 0.326 e. The Morgan fingerprint density at radius 3 is 2.31 bits per heavy atom. The lowest BCUT2D eigenvalue weighted by molar-refractivity contribution is -0.142. The second-order valence-corrected chi connectivity index (χ2v) is 7.43. The van der Waals surface area contributed by atoms with Gasteiger partial charge >= 0.3 is 5.97 Å². The molecule has 2 aromatic rings. The van der Waals surface area contributed by atoms with E-state index >= 15 is 0 Å². The molecule has 2 aromatic carbocycles. The molecule has 152 valence electrons. The van der Waals surface area contributed by atoms with Crippen LogP contribution in [-0.4, -0.2) is 37.5 Å². The second-order valence-electron chi connectivity index (χ2n) is 6.99. The minimum absolute atomic E-state index is 0.124. The van der Waals surface area contributed by atoms with E-state index in [0.29, 0.717) is 16.4 Å². The maximum Gasteiger partial charge on any atom is 0.326 e. The van der Waals surface area contributed by atoms with Crippen molar-refractivity contribution in [2.75, 3.05) is 29.5 Å². The Bertz CT molecular complexity index is 956. The van der Waals surface area contributed by atoms with Crippen LogP contribution in [0.2, 0.25) is 5.02 Å². The lowest BCUT2D eigenvalue weighted by Crippen LogP contribution is -2.50. The van der Waals surface area contributed by atoms with Crippen molar-refractivity contribution in [1.29, 1.82) is 0 Å². The van der Waals surface area contributed by atoms with Crippen molar-refractivity contribution in [1.82, 2.24) is 0 Å². The number of hydrogen-bond acceptors (Lipinski definition) is 4. The van der Waals surface area contributed by atoms with E-state index in [4.69, 9.17) is 16.3 Å². The molecular weight excluding hydrogens is 392 g/mol. The van der Waals surface area contributed by atoms with Gasteiger partial charge in [-0.3, -0.25) is 19.3 Å². The van der Waals surface area contributed by atoms with Crippen molar-refractivity contribution in [2.45, 2.75) is 27.2 Å². The number of anilines is 2. The summed E-state index contributed by atoms with van der Waals surface area (Å²) in [5.41, 5.74) is 3.94. The summed E-state index contributed by atoms with van der Waals surface area (Å²) in [7, 11) is 0. The molecule has 29 heavy (non-hydrogen) atoms. The molecule has 0 atom stereocenters. The predicted molar refractivity (Wildman–Crippen MR) is 112 cm³/mol. The topological polar surface area (TPSA) is 66.9 Å². The summed E-state index contributed by atoms with van der Waals surface area (Å²) < 4.78 is 5.00. The molecule has 7 heteroatoms. The SMILES string of the molecule is CCOC(=O)CN1C(=O)CN(C(=O)Cc2ccc(Cl)cc2)c2cc(C)c(C)cc21. The zero-order valence-corrected chi connectivity index (χ0v) is 17.5. The van der Waals surface area contributed by atoms with Gasteiger partial charge in [0.25, 0.3) is 0 Å². The van der Waals surface area contributed by atoms with E-state index in [0.717, 1.165) is 16.7 Å². The van der Waals surface area contributed by atoms with E-state index in [2.05, 4.69) is 0 Å². The van der Waals surface area contributed by atoms with Crippen LogP contribution in [0.5, 0.6) is 0 Å². The van der Waals surface area contributed by atoms with Gasteiger partial charge < -0.3 is 9.64 Å². The molecule has 3 rings (SSSR count). The highest BCUT2D eigenvalue weighted by molar-refractivity contribution is 6.30. The number of carbonyl (C=O) groups is 3. The summed E-state index contributed by atoms with van der Waals surface area (Å²) in [6.45, 7) is 5.53. The average molecular weight is 415 g/mol. The van der Waals surface area contributed by atoms with Gasteiger partial charge in [-0.25, -0.2) is 0 Å². The highest BCUT2D eigenvalue weighted by atomic mass is 35.5. The summed E-state index contributed by atoms with van der Waals surface area (Å²) in [6.07, 6.45) is 0.148. The maximum atomic E-state index is 13.0. The first-order valence-electron chi connectivity index (χ1n) is 9.42. The zero-order chi connectivity index (χ0) is 21.1. The van der Waals surface area contributed by atoms with Crippen LogP contribution in [0.3, 0.4) is 0 Å². The van der Waals surface area contributed by atoms with E-state index in [1.807, 2.05) is 26.0 Å². The molecule has 1 heterocycles. The number of nitrogens with zero attached hydrogens (tertiary/aromatic N) is 2. The summed E-state index contributed by atoms with van der Waals surface area (Å²) in [5, 5.41) is 0.598. The van der Waals surface area contributed by atoms with Gasteiger partial charge in [0.15, 0.2) is 0 Å². The van der Waals surface area contributed by atoms with E-state index in [-0.39, 0.29) is 37.9 Å². The molecule has 0 radical (unpaired) electrons. The van der Waals surface area contributed by atoms with Crippen LogP contribution in [0.1, 0.15) is 23.6 Å². The molecular formula is C22H23ClN2O4. The number of carbonyl (C=O) groups excluding carboxylic acids is 3. The van der Waals surface area contributed by atoms with E-state index < -0.39 is 5.97 Å². The fourth-order valence-corrected chi connectivity index (χ4v) is 3.39. The molecule has 0 aromatic heterocycles. The molecule has 0 bridgehead atoms. The van der Waals surface area contributed by atoms with Gasteiger partial charge in [0, 0.05) is 5.02 Å². The first kappa shape index (κ1) is 20.9. The van der Waals surface area contributed by atoms with Gasteiger partial charge in [-0.1, -0.05) is 23.7 Å². The number of fused-ring (bicyclic) bond motifs is 1. The van der Waals surface area contributed by atoms with Gasteiger partial charge in [0.1, 0.15) is 13.1 Å². The number of esters is 1. The van der Waals surface area contributed by atoms with Crippen molar-refractivity contribution >= 4 is 40.8 Å². The molecule has 0 unspecified atom stereocenters. The van der Waals surface area contributed by atoms with Crippen LogP contribution in [0.15, 0.2) is 36.4 Å². The van der Waals surface area contributed by atoms with Crippen LogP contribution < -0.4 is 9.80 Å². The van der Waals surface area contributed by atoms with Crippen LogP contribution in [-0.2, 0) is 25.5 Å². The van der Waals surface area contributed by atoms with Gasteiger partial charge in [0.2, 0.25) is 11.8 Å². The van der Waals surface area contributed by atoms with Crippen molar-refractivity contribution in [3.05, 3.63) is 58.1 Å². The number of halogens is 1. The molecule has 2 amide bonds. The molecule has 0 aliphatic carbocycles. The van der Waals surface area contributed by atoms with Crippen molar-refractivity contribution in [2.24, 2.45) is 0 Å². The Labute approximate surface area is 175 Å². The van der Waals surface area contributed by atoms with Crippen LogP contribution in [0.4, 0.5) is 11.4 Å². The quantitative estimate of drug-likeness (QED) is 0.703. The third-order valence-corrected chi connectivity index (χ3v) is 5.18. The Balaban J connectivity index is 1.94. The minimum atomic E-state index is -0.481. The number of ether oxygens (including phenoxy) is 1. The molecule has 1 aliphatic rings. The highest BCUT2D eigenvalue weighted by Crippen LogP contribution is 2.36. The second kappa shape index (κ2) is 8.66. The standard InChI is InChI=1S/C22H23ClN2O4/c1-4-29-22(28)13-25-19-10-15(3)14(2)9-18(19)24(12-21(25)27)20(26)11-16-5-7-17(23)8-6-16/h5-10H,4,11-13H2,1-3H3. The van der Waals surface area contributed by atoms with E-state index in [1.54, 1.807) is 31.2 Å². The maximum absolute atomic E-state index is 13.0. The van der Waals surface area contributed by atoms with Crippen LogP contribution >= 0.6 is 11.6 Å². The summed E-state index contributed by atoms with van der Waals surface area (Å²) in [6, 6.07) is 10.8. The number of hydrogen-bond donors (Lipinski definition) is 0. The van der Waals surface area contributed by atoms with Crippen LogP contribution in [0.25, 0.3) is 0 Å². The van der Waals surface area contributed by atoms with Crippen molar-refractivity contribution in [3.63, 3.8) is 0 Å². The fourth-order valence-electron chi connectivity index (χ4n) is 3.26. The molecule has 0 fully saturated rings. The first-order valence-corrected chi connectivity index (χ1v) is 9.80. The monoisotopic (exact) mass is 414 g/mol. The van der Waals surface area contributed by atoms with Crippen molar-refractivity contribution < 1.29 is 19.1 Å². The number of amides is 2. The predicted octanol–water partition coefficient (Wildman–Crippen LogP) is 3.44. The Kier molecular flexibility index (Phi) is 6.23. The first-order chi connectivity index (χ1) is 13.8. The minimum Gasteiger partial charge on any atom is -0.465 e. The van der Waals surface area contributed by atoms with Gasteiger partial charge in [-0.15, -0.1) is 0 Å². The molecule has 6 nitrogen and oxygen atoms in total. The average Bonchev–Trinajstić information content (AvgIpc) is 2.67. The number of aryl methyl sites for hydroxylation is 2. The summed E-state index contributed by atoms with van der Waals surface area (Å²) >= 11 is 5.91. The normalized spacial score (nSPS) is 13.3. The lowest BCUT2D eigenvalue weighted by Gasteiger charge is -2.36. The third-order valence-electron chi connectivity index (χ3n) is 4.93.